The van der Waals surface area contributed by atoms with Crippen LogP contribution in [-0.4, -0.2) is 46.0 Å². The van der Waals surface area contributed by atoms with Crippen molar-refractivity contribution >= 4 is 17.8 Å². The number of nitrogens with zero attached hydrogens (tertiary/aromatic N) is 1. The normalized spacial score (nSPS) is 25.7. The Labute approximate surface area is 117 Å². The van der Waals surface area contributed by atoms with Crippen LogP contribution in [0.15, 0.2) is 0 Å². The van der Waals surface area contributed by atoms with Gasteiger partial charge in [-0.1, -0.05) is 19.3 Å². The lowest BCUT2D eigenvalue weighted by Gasteiger charge is -2.39. The first-order chi connectivity index (χ1) is 9.42. The average Bonchev–Trinajstić information content (AvgIpc) is 2.71. The van der Waals surface area contributed by atoms with E-state index in [1.54, 1.807) is 4.90 Å². The van der Waals surface area contributed by atoms with E-state index in [0.717, 1.165) is 32.1 Å². The van der Waals surface area contributed by atoms with Gasteiger partial charge in [0.25, 0.3) is 0 Å². The van der Waals surface area contributed by atoms with Crippen LogP contribution in [0.3, 0.4) is 0 Å². The molecule has 0 aromatic rings. The van der Waals surface area contributed by atoms with Crippen LogP contribution in [0.4, 0.5) is 0 Å². The molecule has 0 spiro atoms. The molecule has 0 radical (unpaired) electrons. The Morgan fingerprint density at radius 2 is 1.85 bits per heavy atom. The number of carbonyl (C=O) groups is 3. The molecule has 1 atom stereocenters. The SMILES string of the molecule is O=C(O)CC1(CN2CC(C(=O)O)CC2=O)CCCCC1. The van der Waals surface area contributed by atoms with Crippen LogP contribution in [-0.2, 0) is 14.4 Å². The number of carboxylic acids is 2. The van der Waals surface area contributed by atoms with Gasteiger partial charge in [0, 0.05) is 19.5 Å². The van der Waals surface area contributed by atoms with E-state index in [4.69, 9.17) is 10.2 Å². The molecule has 1 saturated carbocycles. The summed E-state index contributed by atoms with van der Waals surface area (Å²) in [5.74, 6) is -2.59. The van der Waals surface area contributed by atoms with E-state index in [2.05, 4.69) is 0 Å². The zero-order valence-electron chi connectivity index (χ0n) is 11.5. The summed E-state index contributed by atoms with van der Waals surface area (Å²) in [6.07, 6.45) is 4.79. The van der Waals surface area contributed by atoms with Crippen LogP contribution in [0.5, 0.6) is 0 Å². The molecule has 2 aliphatic rings. The molecule has 2 fully saturated rings. The summed E-state index contributed by atoms with van der Waals surface area (Å²) in [7, 11) is 0. The van der Waals surface area contributed by atoms with Gasteiger partial charge in [-0.05, 0) is 18.3 Å². The van der Waals surface area contributed by atoms with Gasteiger partial charge in [0.1, 0.15) is 0 Å². The third-order valence-electron chi connectivity index (χ3n) is 4.53. The van der Waals surface area contributed by atoms with Gasteiger partial charge in [0.15, 0.2) is 0 Å². The summed E-state index contributed by atoms with van der Waals surface area (Å²) in [5.41, 5.74) is -0.368. The second-order valence-corrected chi connectivity index (χ2v) is 6.14. The second-order valence-electron chi connectivity index (χ2n) is 6.14. The molecule has 2 N–H and O–H groups in total. The summed E-state index contributed by atoms with van der Waals surface area (Å²) >= 11 is 0. The number of hydrogen-bond donors (Lipinski definition) is 2. The standard InChI is InChI=1S/C14H21NO5/c16-11-6-10(13(19)20)8-15(11)9-14(7-12(17)18)4-2-1-3-5-14/h10H,1-9H2,(H,17,18)(H,19,20). The Kier molecular flexibility index (Phi) is 4.30. The number of amides is 1. The highest BCUT2D eigenvalue weighted by atomic mass is 16.4. The van der Waals surface area contributed by atoms with Crippen molar-refractivity contribution in [1.82, 2.24) is 4.90 Å². The molecule has 6 nitrogen and oxygen atoms in total. The van der Waals surface area contributed by atoms with Crippen molar-refractivity contribution in [3.63, 3.8) is 0 Å². The smallest absolute Gasteiger partial charge is 0.308 e. The number of hydrogen-bond acceptors (Lipinski definition) is 3. The molecule has 1 aliphatic carbocycles. The Balaban J connectivity index is 2.06. The molecule has 6 heteroatoms. The lowest BCUT2D eigenvalue weighted by molar-refractivity contribution is -0.143. The van der Waals surface area contributed by atoms with Gasteiger partial charge in [-0.2, -0.15) is 0 Å². The van der Waals surface area contributed by atoms with Crippen molar-refractivity contribution in [1.29, 1.82) is 0 Å². The van der Waals surface area contributed by atoms with Crippen LogP contribution in [0.1, 0.15) is 44.9 Å². The Hall–Kier alpha value is -1.59. The van der Waals surface area contributed by atoms with E-state index < -0.39 is 17.9 Å². The van der Waals surface area contributed by atoms with Gasteiger partial charge in [-0.3, -0.25) is 14.4 Å². The Bertz CT molecular complexity index is 414. The lowest BCUT2D eigenvalue weighted by atomic mass is 9.71. The van der Waals surface area contributed by atoms with Crippen LogP contribution in [0, 0.1) is 11.3 Å². The van der Waals surface area contributed by atoms with Crippen molar-refractivity contribution < 1.29 is 24.6 Å². The zero-order valence-corrected chi connectivity index (χ0v) is 11.5. The van der Waals surface area contributed by atoms with Crippen LogP contribution in [0.25, 0.3) is 0 Å². The van der Waals surface area contributed by atoms with Gasteiger partial charge in [0.05, 0.1) is 12.3 Å². The first kappa shape index (κ1) is 14.8. The van der Waals surface area contributed by atoms with Crippen LogP contribution < -0.4 is 0 Å². The second kappa shape index (κ2) is 5.81. The van der Waals surface area contributed by atoms with Crippen molar-refractivity contribution in [2.75, 3.05) is 13.1 Å². The van der Waals surface area contributed by atoms with E-state index >= 15 is 0 Å². The Morgan fingerprint density at radius 1 is 1.20 bits per heavy atom. The van der Waals surface area contributed by atoms with E-state index in [1.165, 1.54) is 0 Å². The highest BCUT2D eigenvalue weighted by Crippen LogP contribution is 2.41. The first-order valence-electron chi connectivity index (χ1n) is 7.14. The van der Waals surface area contributed by atoms with Gasteiger partial charge in [-0.25, -0.2) is 0 Å². The minimum atomic E-state index is -0.947. The zero-order chi connectivity index (χ0) is 14.8. The average molecular weight is 283 g/mol. The fourth-order valence-electron chi connectivity index (χ4n) is 3.51. The third kappa shape index (κ3) is 3.29. The maximum absolute atomic E-state index is 11.9. The minimum absolute atomic E-state index is 0.0402. The van der Waals surface area contributed by atoms with Gasteiger partial charge < -0.3 is 15.1 Å². The summed E-state index contributed by atoms with van der Waals surface area (Å²) in [6, 6.07) is 0. The van der Waals surface area contributed by atoms with Gasteiger partial charge in [0.2, 0.25) is 5.91 Å². The monoisotopic (exact) mass is 283 g/mol. The lowest BCUT2D eigenvalue weighted by Crippen LogP contribution is -2.41. The first-order valence-corrected chi connectivity index (χ1v) is 7.14. The molecule has 20 heavy (non-hydrogen) atoms. The summed E-state index contributed by atoms with van der Waals surface area (Å²) < 4.78 is 0. The third-order valence-corrected chi connectivity index (χ3v) is 4.53. The number of aliphatic carboxylic acids is 2. The van der Waals surface area contributed by atoms with Crippen molar-refractivity contribution in [2.24, 2.45) is 11.3 Å². The predicted octanol–water partition coefficient (Wildman–Crippen LogP) is 1.34. The molecule has 112 valence electrons. The molecule has 1 saturated heterocycles. The van der Waals surface area contributed by atoms with Crippen molar-refractivity contribution in [2.45, 2.75) is 44.9 Å². The fourth-order valence-corrected chi connectivity index (χ4v) is 3.51. The van der Waals surface area contributed by atoms with E-state index in [-0.39, 0.29) is 30.7 Å². The summed E-state index contributed by atoms with van der Waals surface area (Å²) in [6.45, 7) is 0.609. The largest absolute Gasteiger partial charge is 0.481 e. The van der Waals surface area contributed by atoms with Gasteiger partial charge in [-0.15, -0.1) is 0 Å². The quantitative estimate of drug-likeness (QED) is 0.794. The molecule has 0 aromatic heterocycles. The molecule has 2 rings (SSSR count). The van der Waals surface area contributed by atoms with Crippen molar-refractivity contribution in [3.05, 3.63) is 0 Å². The summed E-state index contributed by atoms with van der Waals surface area (Å²) in [4.78, 5) is 35.5. The predicted molar refractivity (Wildman–Crippen MR) is 70.1 cm³/mol. The van der Waals surface area contributed by atoms with Crippen LogP contribution >= 0.6 is 0 Å². The summed E-state index contributed by atoms with van der Waals surface area (Å²) in [5, 5.41) is 18.1. The molecule has 0 bridgehead atoms. The van der Waals surface area contributed by atoms with Crippen molar-refractivity contribution in [3.8, 4) is 0 Å². The topological polar surface area (TPSA) is 94.9 Å². The van der Waals surface area contributed by atoms with Gasteiger partial charge >= 0.3 is 11.9 Å². The van der Waals surface area contributed by atoms with E-state index in [9.17, 15) is 14.4 Å². The molecule has 0 aromatic carbocycles. The molecule has 1 aliphatic heterocycles. The molecule has 1 amide bonds. The maximum Gasteiger partial charge on any atom is 0.308 e. The minimum Gasteiger partial charge on any atom is -0.481 e. The highest BCUT2D eigenvalue weighted by molar-refractivity contribution is 5.86. The number of carboxylic acid groups (broad SMARTS) is 2. The number of carbonyl (C=O) groups excluding carboxylic acids is 1. The number of rotatable bonds is 5. The Morgan fingerprint density at radius 3 is 2.35 bits per heavy atom. The van der Waals surface area contributed by atoms with Crippen LogP contribution in [0.2, 0.25) is 0 Å². The fraction of sp³-hybridized carbons (Fsp3) is 0.786. The molecular weight excluding hydrogens is 262 g/mol. The van der Waals surface area contributed by atoms with E-state index in [1.807, 2.05) is 0 Å². The van der Waals surface area contributed by atoms with E-state index in [0.29, 0.717) is 6.54 Å². The highest BCUT2D eigenvalue weighted by Gasteiger charge is 2.41. The molecule has 1 unspecified atom stereocenters. The molecular formula is C14H21NO5. The maximum atomic E-state index is 11.9. The molecule has 1 heterocycles. The number of likely N-dealkylation sites (tertiary alicyclic amines) is 1.